The Balaban J connectivity index is 2.11. The van der Waals surface area contributed by atoms with E-state index in [4.69, 9.17) is 5.73 Å². The Bertz CT molecular complexity index is 320. The number of imidazole rings is 1. The zero-order chi connectivity index (χ0) is 13.9. The van der Waals surface area contributed by atoms with E-state index < -0.39 is 0 Å². The van der Waals surface area contributed by atoms with Crippen molar-refractivity contribution < 1.29 is 0 Å². The normalized spacial score (nSPS) is 12.8. The van der Waals surface area contributed by atoms with Gasteiger partial charge in [0.2, 0.25) is 0 Å². The van der Waals surface area contributed by atoms with Crippen molar-refractivity contribution in [2.24, 2.45) is 5.73 Å². The van der Waals surface area contributed by atoms with Crippen molar-refractivity contribution in [1.82, 2.24) is 9.55 Å². The standard InChI is InChI=1S/C16H31N3/c1-3-5-6-7-8-9-10-11-12-16-18-13-14-19(16)15(17)4-2/h13-15H,3-12,17H2,1-2H3. The summed E-state index contributed by atoms with van der Waals surface area (Å²) in [5.41, 5.74) is 6.06. The van der Waals surface area contributed by atoms with Gasteiger partial charge < -0.3 is 10.3 Å². The lowest BCUT2D eigenvalue weighted by molar-refractivity contribution is 0.478. The van der Waals surface area contributed by atoms with Crippen LogP contribution >= 0.6 is 0 Å². The summed E-state index contributed by atoms with van der Waals surface area (Å²) in [6.07, 6.45) is 16.9. The van der Waals surface area contributed by atoms with E-state index in [1.807, 2.05) is 12.4 Å². The van der Waals surface area contributed by atoms with Crippen LogP contribution in [0.25, 0.3) is 0 Å². The Morgan fingerprint density at radius 2 is 1.68 bits per heavy atom. The van der Waals surface area contributed by atoms with E-state index in [0.29, 0.717) is 0 Å². The quantitative estimate of drug-likeness (QED) is 0.601. The molecule has 0 spiro atoms. The van der Waals surface area contributed by atoms with Crippen molar-refractivity contribution in [2.45, 2.75) is 84.2 Å². The highest BCUT2D eigenvalue weighted by molar-refractivity contribution is 4.94. The molecule has 0 saturated heterocycles. The molecule has 1 aromatic rings. The number of nitrogens with zero attached hydrogens (tertiary/aromatic N) is 2. The van der Waals surface area contributed by atoms with Gasteiger partial charge in [0.15, 0.2) is 0 Å². The molecule has 1 heterocycles. The Morgan fingerprint density at radius 3 is 2.32 bits per heavy atom. The third-order valence-corrected chi connectivity index (χ3v) is 3.78. The van der Waals surface area contributed by atoms with Gasteiger partial charge in [-0.1, -0.05) is 58.8 Å². The molecule has 0 aromatic carbocycles. The van der Waals surface area contributed by atoms with E-state index in [-0.39, 0.29) is 6.17 Å². The topological polar surface area (TPSA) is 43.8 Å². The lowest BCUT2D eigenvalue weighted by Gasteiger charge is -2.14. The first-order chi connectivity index (χ1) is 9.29. The van der Waals surface area contributed by atoms with E-state index in [1.165, 1.54) is 51.4 Å². The molecule has 0 aliphatic carbocycles. The molecule has 3 heteroatoms. The number of rotatable bonds is 11. The maximum absolute atomic E-state index is 6.06. The summed E-state index contributed by atoms with van der Waals surface area (Å²) in [7, 11) is 0. The van der Waals surface area contributed by atoms with Crippen molar-refractivity contribution in [3.63, 3.8) is 0 Å². The number of aromatic nitrogens is 2. The van der Waals surface area contributed by atoms with Crippen LogP contribution in [0.15, 0.2) is 12.4 Å². The summed E-state index contributed by atoms with van der Waals surface area (Å²) in [4.78, 5) is 4.43. The molecule has 3 nitrogen and oxygen atoms in total. The molecule has 0 saturated carbocycles. The molecule has 110 valence electrons. The van der Waals surface area contributed by atoms with Gasteiger partial charge in [0.05, 0.1) is 6.17 Å². The highest BCUT2D eigenvalue weighted by atomic mass is 15.1. The molecular weight excluding hydrogens is 234 g/mol. The fourth-order valence-corrected chi connectivity index (χ4v) is 2.45. The molecular formula is C16H31N3. The van der Waals surface area contributed by atoms with Crippen molar-refractivity contribution in [2.75, 3.05) is 0 Å². The predicted octanol–water partition coefficient (Wildman–Crippen LogP) is 4.43. The number of nitrogens with two attached hydrogens (primary N) is 1. The second-order valence-corrected chi connectivity index (χ2v) is 5.45. The van der Waals surface area contributed by atoms with Crippen molar-refractivity contribution >= 4 is 0 Å². The fraction of sp³-hybridized carbons (Fsp3) is 0.812. The van der Waals surface area contributed by atoms with Crippen LogP contribution < -0.4 is 5.73 Å². The molecule has 2 N–H and O–H groups in total. The largest absolute Gasteiger partial charge is 0.319 e. The van der Waals surface area contributed by atoms with Crippen molar-refractivity contribution in [1.29, 1.82) is 0 Å². The van der Waals surface area contributed by atoms with Crippen LogP contribution in [0.5, 0.6) is 0 Å². The summed E-state index contributed by atoms with van der Waals surface area (Å²) in [6, 6.07) is 0. The van der Waals surface area contributed by atoms with Crippen LogP contribution in [0.4, 0.5) is 0 Å². The van der Waals surface area contributed by atoms with Gasteiger partial charge in [-0.05, 0) is 12.8 Å². The average Bonchev–Trinajstić information content (AvgIpc) is 2.89. The summed E-state index contributed by atoms with van der Waals surface area (Å²) in [5.74, 6) is 1.15. The third kappa shape index (κ3) is 6.24. The smallest absolute Gasteiger partial charge is 0.109 e. The Labute approximate surface area is 118 Å². The van der Waals surface area contributed by atoms with Gasteiger partial charge in [0, 0.05) is 18.8 Å². The van der Waals surface area contributed by atoms with Crippen LogP contribution in [-0.4, -0.2) is 9.55 Å². The van der Waals surface area contributed by atoms with E-state index in [2.05, 4.69) is 23.4 Å². The highest BCUT2D eigenvalue weighted by Crippen LogP contribution is 2.13. The molecule has 1 rings (SSSR count). The number of hydrogen-bond donors (Lipinski definition) is 1. The molecule has 0 amide bonds. The minimum atomic E-state index is 0.0894. The van der Waals surface area contributed by atoms with Crippen LogP contribution in [0.1, 0.15) is 83.6 Å². The van der Waals surface area contributed by atoms with Crippen molar-refractivity contribution in [3.05, 3.63) is 18.2 Å². The van der Waals surface area contributed by atoms with Gasteiger partial charge in [-0.25, -0.2) is 4.98 Å². The number of unbranched alkanes of at least 4 members (excludes halogenated alkanes) is 7. The van der Waals surface area contributed by atoms with E-state index >= 15 is 0 Å². The number of hydrogen-bond acceptors (Lipinski definition) is 2. The second-order valence-electron chi connectivity index (χ2n) is 5.45. The maximum Gasteiger partial charge on any atom is 0.109 e. The minimum absolute atomic E-state index is 0.0894. The van der Waals surface area contributed by atoms with E-state index in [1.54, 1.807) is 0 Å². The lowest BCUT2D eigenvalue weighted by Crippen LogP contribution is -2.19. The lowest BCUT2D eigenvalue weighted by atomic mass is 10.1. The van der Waals surface area contributed by atoms with Crippen molar-refractivity contribution in [3.8, 4) is 0 Å². The van der Waals surface area contributed by atoms with E-state index in [0.717, 1.165) is 18.7 Å². The summed E-state index contributed by atoms with van der Waals surface area (Å²) >= 11 is 0. The third-order valence-electron chi connectivity index (χ3n) is 3.78. The van der Waals surface area contributed by atoms with Crippen LogP contribution in [0, 0.1) is 0 Å². The maximum atomic E-state index is 6.06. The van der Waals surface area contributed by atoms with E-state index in [9.17, 15) is 0 Å². The molecule has 19 heavy (non-hydrogen) atoms. The number of aryl methyl sites for hydroxylation is 1. The molecule has 0 aliphatic rings. The van der Waals surface area contributed by atoms with Gasteiger partial charge in [-0.2, -0.15) is 0 Å². The van der Waals surface area contributed by atoms with Gasteiger partial charge >= 0.3 is 0 Å². The Kier molecular flexibility index (Phi) is 8.55. The summed E-state index contributed by atoms with van der Waals surface area (Å²) in [5, 5.41) is 0. The molecule has 1 atom stereocenters. The first-order valence-corrected chi connectivity index (χ1v) is 8.06. The second kappa shape index (κ2) is 10.0. The summed E-state index contributed by atoms with van der Waals surface area (Å²) in [6.45, 7) is 4.38. The van der Waals surface area contributed by atoms with Gasteiger partial charge in [0.25, 0.3) is 0 Å². The minimum Gasteiger partial charge on any atom is -0.319 e. The molecule has 0 fully saturated rings. The Hall–Kier alpha value is -0.830. The molecule has 0 aliphatic heterocycles. The molecule has 1 aromatic heterocycles. The van der Waals surface area contributed by atoms with Crippen LogP contribution in [-0.2, 0) is 6.42 Å². The SMILES string of the molecule is CCCCCCCCCCc1nccn1C(N)CC. The molecule has 0 radical (unpaired) electrons. The van der Waals surface area contributed by atoms with Gasteiger partial charge in [0.1, 0.15) is 5.82 Å². The first-order valence-electron chi connectivity index (χ1n) is 8.06. The van der Waals surface area contributed by atoms with Crippen LogP contribution in [0.2, 0.25) is 0 Å². The van der Waals surface area contributed by atoms with Gasteiger partial charge in [-0.15, -0.1) is 0 Å². The summed E-state index contributed by atoms with van der Waals surface area (Å²) < 4.78 is 2.13. The molecule has 0 bridgehead atoms. The monoisotopic (exact) mass is 265 g/mol. The van der Waals surface area contributed by atoms with Crippen LogP contribution in [0.3, 0.4) is 0 Å². The zero-order valence-electron chi connectivity index (χ0n) is 12.8. The zero-order valence-corrected chi connectivity index (χ0v) is 12.8. The Morgan fingerprint density at radius 1 is 1.05 bits per heavy atom. The highest BCUT2D eigenvalue weighted by Gasteiger charge is 2.07. The fourth-order valence-electron chi connectivity index (χ4n) is 2.45. The predicted molar refractivity (Wildman–Crippen MR) is 82.1 cm³/mol. The van der Waals surface area contributed by atoms with Gasteiger partial charge in [-0.3, -0.25) is 0 Å². The average molecular weight is 265 g/mol. The first kappa shape index (κ1) is 16.2. The molecule has 1 unspecified atom stereocenters.